The molecule has 0 aromatic carbocycles. The van der Waals surface area contributed by atoms with E-state index < -0.39 is 6.09 Å². The summed E-state index contributed by atoms with van der Waals surface area (Å²) in [6, 6.07) is 0. The van der Waals surface area contributed by atoms with Crippen LogP contribution < -0.4 is 0 Å². The second kappa shape index (κ2) is 5.84. The van der Waals surface area contributed by atoms with Gasteiger partial charge in [0, 0.05) is 7.05 Å². The number of aliphatic hydroxyl groups excluding tert-OH is 1. The molecule has 5 nitrogen and oxygen atoms in total. The number of carbonyl (C=O) groups is 1. The molecule has 0 atom stereocenters. The van der Waals surface area contributed by atoms with Crippen molar-refractivity contribution in [1.29, 1.82) is 0 Å². The number of aliphatic hydroxyl groups is 1. The monoisotopic (exact) mass is 192 g/mol. The van der Waals surface area contributed by atoms with Gasteiger partial charge in [-0.3, -0.25) is 9.74 Å². The van der Waals surface area contributed by atoms with Crippen molar-refractivity contribution in [2.24, 2.45) is 5.16 Å². The summed E-state index contributed by atoms with van der Waals surface area (Å²) in [4.78, 5) is 16.3. The van der Waals surface area contributed by atoms with Gasteiger partial charge in [-0.25, -0.2) is 4.79 Å². The molecule has 1 N–H and O–H groups in total. The molecule has 0 bridgehead atoms. The number of carbonyl (C=O) groups excluding carboxylic acids is 1. The second-order valence-electron chi connectivity index (χ2n) is 2.01. The van der Waals surface area contributed by atoms with E-state index in [9.17, 15) is 4.79 Å². The molecular formula is C6H12N2O3S. The molecule has 0 heterocycles. The predicted molar refractivity (Wildman–Crippen MR) is 48.0 cm³/mol. The van der Waals surface area contributed by atoms with Gasteiger partial charge in [0.2, 0.25) is 0 Å². The minimum absolute atomic E-state index is 0.382. The van der Waals surface area contributed by atoms with Gasteiger partial charge in [-0.05, 0) is 13.2 Å². The third-order valence-electron chi connectivity index (χ3n) is 1.07. The zero-order valence-corrected chi connectivity index (χ0v) is 8.09. The van der Waals surface area contributed by atoms with Gasteiger partial charge in [-0.1, -0.05) is 5.16 Å². The Morgan fingerprint density at radius 3 is 2.75 bits per heavy atom. The summed E-state index contributed by atoms with van der Waals surface area (Å²) >= 11 is 1.38. The molecule has 0 rings (SSSR count). The van der Waals surface area contributed by atoms with E-state index in [0.717, 1.165) is 4.90 Å². The van der Waals surface area contributed by atoms with E-state index in [1.807, 2.05) is 6.26 Å². The minimum Gasteiger partial charge on any atom is -0.376 e. The average Bonchev–Trinajstić information content (AvgIpc) is 2.11. The number of oxime groups is 1. The van der Waals surface area contributed by atoms with Gasteiger partial charge in [-0.2, -0.15) is 0 Å². The summed E-state index contributed by atoms with van der Waals surface area (Å²) in [5.74, 6) is 0. The van der Waals surface area contributed by atoms with Crippen LogP contribution in [0.1, 0.15) is 6.92 Å². The Labute approximate surface area is 75.4 Å². The van der Waals surface area contributed by atoms with Crippen molar-refractivity contribution >= 4 is 22.9 Å². The number of nitrogens with zero attached hydrogens (tertiary/aromatic N) is 2. The molecule has 1 amide bonds. The molecule has 0 aromatic rings. The molecule has 0 saturated heterocycles. The summed E-state index contributed by atoms with van der Waals surface area (Å²) in [7, 11) is 1.41. The van der Waals surface area contributed by atoms with E-state index in [0.29, 0.717) is 5.04 Å². The van der Waals surface area contributed by atoms with Crippen LogP contribution >= 0.6 is 11.8 Å². The molecule has 0 radical (unpaired) electrons. The highest BCUT2D eigenvalue weighted by atomic mass is 32.2. The van der Waals surface area contributed by atoms with Crippen molar-refractivity contribution in [3.63, 3.8) is 0 Å². The normalized spacial score (nSPS) is 11.2. The van der Waals surface area contributed by atoms with E-state index in [1.165, 1.54) is 18.8 Å². The molecule has 0 spiro atoms. The Kier molecular flexibility index (Phi) is 5.48. The van der Waals surface area contributed by atoms with Crippen LogP contribution in [0.4, 0.5) is 4.79 Å². The lowest BCUT2D eigenvalue weighted by atomic mass is 10.9. The van der Waals surface area contributed by atoms with E-state index >= 15 is 0 Å². The molecule has 0 aromatic heterocycles. The van der Waals surface area contributed by atoms with Gasteiger partial charge in [0.1, 0.15) is 11.8 Å². The van der Waals surface area contributed by atoms with Gasteiger partial charge < -0.3 is 5.11 Å². The lowest BCUT2D eigenvalue weighted by Crippen LogP contribution is -2.27. The summed E-state index contributed by atoms with van der Waals surface area (Å²) in [6.07, 6.45) is 1.15. The largest absolute Gasteiger partial charge is 0.437 e. The highest BCUT2D eigenvalue weighted by molar-refractivity contribution is 8.13. The molecule has 0 aliphatic heterocycles. The van der Waals surface area contributed by atoms with Gasteiger partial charge >= 0.3 is 6.09 Å². The summed E-state index contributed by atoms with van der Waals surface area (Å²) in [5.41, 5.74) is 0. The lowest BCUT2D eigenvalue weighted by molar-refractivity contribution is 0.0772. The lowest BCUT2D eigenvalue weighted by Gasteiger charge is -2.09. The van der Waals surface area contributed by atoms with Gasteiger partial charge in [0.05, 0.1) is 0 Å². The first kappa shape index (κ1) is 11.2. The predicted octanol–water partition coefficient (Wildman–Crippen LogP) is 0.701. The molecule has 0 aliphatic rings. The third-order valence-corrected chi connectivity index (χ3v) is 1.74. The van der Waals surface area contributed by atoms with Gasteiger partial charge in [0.25, 0.3) is 0 Å². The highest BCUT2D eigenvalue weighted by Gasteiger charge is 2.07. The number of hydrogen-bond donors (Lipinski definition) is 1. The second-order valence-corrected chi connectivity index (χ2v) is 3.01. The maximum absolute atomic E-state index is 10.8. The molecule has 0 unspecified atom stereocenters. The standard InChI is InChI=1S/C6H12N2O3S/c1-5(12-3)7-11-6(10)8(2)4-9/h9H,4H2,1-3H3/b7-5-. The molecular weight excluding hydrogens is 180 g/mol. The van der Waals surface area contributed by atoms with Crippen LogP contribution in [0.3, 0.4) is 0 Å². The zero-order valence-electron chi connectivity index (χ0n) is 7.27. The van der Waals surface area contributed by atoms with Crippen LogP contribution in [0.15, 0.2) is 5.16 Å². The summed E-state index contributed by atoms with van der Waals surface area (Å²) in [6.45, 7) is 1.34. The van der Waals surface area contributed by atoms with Crippen LogP contribution in [-0.2, 0) is 4.84 Å². The van der Waals surface area contributed by atoms with Crippen LogP contribution in [0.25, 0.3) is 0 Å². The van der Waals surface area contributed by atoms with Crippen molar-refractivity contribution in [2.75, 3.05) is 20.0 Å². The number of rotatable bonds is 2. The third kappa shape index (κ3) is 4.20. The fourth-order valence-corrected chi connectivity index (χ4v) is 0.380. The quantitative estimate of drug-likeness (QED) is 0.230. The SMILES string of the molecule is CS/C(C)=N\OC(=O)N(C)CO. The molecule has 6 heteroatoms. The van der Waals surface area contributed by atoms with E-state index in [1.54, 1.807) is 6.92 Å². The number of amides is 1. The van der Waals surface area contributed by atoms with Crippen LogP contribution in [0, 0.1) is 0 Å². The highest BCUT2D eigenvalue weighted by Crippen LogP contribution is 1.98. The fraction of sp³-hybridized carbons (Fsp3) is 0.667. The fourth-order valence-electron chi connectivity index (χ4n) is 0.268. The topological polar surface area (TPSA) is 62.1 Å². The summed E-state index contributed by atoms with van der Waals surface area (Å²) in [5, 5.41) is 12.6. The van der Waals surface area contributed by atoms with E-state index in [4.69, 9.17) is 5.11 Å². The first-order valence-corrected chi connectivity index (χ1v) is 4.45. The Morgan fingerprint density at radius 1 is 1.75 bits per heavy atom. The average molecular weight is 192 g/mol. The van der Waals surface area contributed by atoms with Crippen LogP contribution in [0.5, 0.6) is 0 Å². The van der Waals surface area contributed by atoms with Crippen molar-refractivity contribution in [3.8, 4) is 0 Å². The Hall–Kier alpha value is -0.750. The maximum Gasteiger partial charge on any atom is 0.437 e. The first-order valence-electron chi connectivity index (χ1n) is 3.23. The van der Waals surface area contributed by atoms with E-state index in [2.05, 4.69) is 9.99 Å². The smallest absolute Gasteiger partial charge is 0.376 e. The molecule has 70 valence electrons. The number of thioether (sulfide) groups is 1. The zero-order chi connectivity index (χ0) is 9.56. The van der Waals surface area contributed by atoms with Gasteiger partial charge in [0.15, 0.2) is 0 Å². The summed E-state index contributed by atoms with van der Waals surface area (Å²) < 4.78 is 0. The molecule has 12 heavy (non-hydrogen) atoms. The van der Waals surface area contributed by atoms with Crippen molar-refractivity contribution in [3.05, 3.63) is 0 Å². The number of hydrogen-bond acceptors (Lipinski definition) is 5. The Balaban J connectivity index is 3.86. The van der Waals surface area contributed by atoms with Crippen LogP contribution in [-0.4, -0.2) is 41.2 Å². The van der Waals surface area contributed by atoms with Gasteiger partial charge in [-0.15, -0.1) is 11.8 Å². The Bertz CT molecular complexity index is 184. The molecule has 0 fully saturated rings. The Morgan fingerprint density at radius 2 is 2.33 bits per heavy atom. The van der Waals surface area contributed by atoms with Crippen molar-refractivity contribution in [1.82, 2.24) is 4.90 Å². The maximum atomic E-state index is 10.8. The molecule has 0 saturated carbocycles. The molecule has 0 aliphatic carbocycles. The van der Waals surface area contributed by atoms with Crippen molar-refractivity contribution < 1.29 is 14.7 Å². The van der Waals surface area contributed by atoms with E-state index in [-0.39, 0.29) is 6.73 Å². The minimum atomic E-state index is -0.675. The van der Waals surface area contributed by atoms with Crippen LogP contribution in [0.2, 0.25) is 0 Å². The van der Waals surface area contributed by atoms with Crippen molar-refractivity contribution in [2.45, 2.75) is 6.92 Å². The first-order chi connectivity index (χ1) is 5.61.